The number of benzene rings is 2. The number of rotatable bonds is 4. The van der Waals surface area contributed by atoms with E-state index in [1.165, 1.54) is 6.07 Å². The van der Waals surface area contributed by atoms with Crippen LogP contribution in [0, 0.1) is 0 Å². The second kappa shape index (κ2) is 6.72. The van der Waals surface area contributed by atoms with Crippen molar-refractivity contribution in [1.82, 2.24) is 9.55 Å². The Morgan fingerprint density at radius 2 is 1.96 bits per heavy atom. The molecule has 2 aromatic carbocycles. The summed E-state index contributed by atoms with van der Waals surface area (Å²) in [6, 6.07) is 14.2. The molecular weight excluding hydrogens is 342 g/mol. The molecule has 4 rings (SSSR count). The molecule has 3 aromatic rings. The van der Waals surface area contributed by atoms with Crippen molar-refractivity contribution in [3.63, 3.8) is 0 Å². The number of carbonyl (C=O) groups is 2. The number of carboxylic acid groups (broad SMARTS) is 1. The van der Waals surface area contributed by atoms with E-state index in [4.69, 9.17) is 0 Å². The fourth-order valence-corrected chi connectivity index (χ4v) is 3.74. The minimum absolute atomic E-state index is 0.0103. The van der Waals surface area contributed by atoms with Gasteiger partial charge in [0.1, 0.15) is 11.7 Å². The number of aromatic carboxylic acids is 1. The summed E-state index contributed by atoms with van der Waals surface area (Å²) in [5.74, 6) is -1.32. The van der Waals surface area contributed by atoms with Crippen molar-refractivity contribution in [2.75, 3.05) is 5.32 Å². The minimum Gasteiger partial charge on any atom is -0.478 e. The average Bonchev–Trinajstić information content (AvgIpc) is 3.16. The van der Waals surface area contributed by atoms with Crippen LogP contribution >= 0.6 is 0 Å². The van der Waals surface area contributed by atoms with Crippen LogP contribution in [0.3, 0.4) is 0 Å². The van der Waals surface area contributed by atoms with E-state index in [1.807, 2.05) is 48.0 Å². The highest BCUT2D eigenvalue weighted by molar-refractivity contribution is 6.14. The highest BCUT2D eigenvalue weighted by atomic mass is 16.4. The summed E-state index contributed by atoms with van der Waals surface area (Å²) in [6.45, 7) is 2.66. The number of hydrogen-bond donors (Lipinski definition) is 2. The van der Waals surface area contributed by atoms with E-state index in [0.717, 1.165) is 5.56 Å². The van der Waals surface area contributed by atoms with Gasteiger partial charge in [-0.1, -0.05) is 36.4 Å². The number of anilines is 1. The van der Waals surface area contributed by atoms with Gasteiger partial charge in [-0.3, -0.25) is 4.79 Å². The maximum absolute atomic E-state index is 13.5. The average molecular weight is 361 g/mol. The summed E-state index contributed by atoms with van der Waals surface area (Å²) in [4.78, 5) is 29.7. The number of carboxylic acids is 1. The van der Waals surface area contributed by atoms with Crippen molar-refractivity contribution in [3.8, 4) is 0 Å². The van der Waals surface area contributed by atoms with Gasteiger partial charge >= 0.3 is 5.97 Å². The number of aryl methyl sites for hydroxylation is 1. The molecule has 0 saturated heterocycles. The molecule has 6 heteroatoms. The number of ketones is 1. The Bertz CT molecular complexity index is 1010. The van der Waals surface area contributed by atoms with Crippen molar-refractivity contribution in [2.24, 2.45) is 0 Å². The lowest BCUT2D eigenvalue weighted by atomic mass is 9.80. The fraction of sp³-hybridized carbons (Fsp3) is 0.190. The minimum atomic E-state index is -1.11. The molecule has 1 aliphatic rings. The molecule has 1 aromatic heterocycles. The third-order valence-corrected chi connectivity index (χ3v) is 4.99. The van der Waals surface area contributed by atoms with E-state index >= 15 is 0 Å². The fourth-order valence-electron chi connectivity index (χ4n) is 3.74. The van der Waals surface area contributed by atoms with Gasteiger partial charge in [-0.2, -0.15) is 0 Å². The molecule has 0 radical (unpaired) electrons. The van der Waals surface area contributed by atoms with Crippen LogP contribution in [-0.4, -0.2) is 26.4 Å². The predicted molar refractivity (Wildman–Crippen MR) is 101 cm³/mol. The lowest BCUT2D eigenvalue weighted by Gasteiger charge is -2.34. The molecule has 2 unspecified atom stereocenters. The standard InChI is InChI=1S/C21H19N3O3/c1-2-24-12-11-22-20(24)17-18(13-7-4-3-5-8-13)23-15-10-6-9-14(21(26)27)16(15)19(17)25/h3-12,17-18,23H,2H2,1H3,(H,26,27). The molecule has 0 aliphatic carbocycles. The maximum atomic E-state index is 13.5. The Labute approximate surface area is 156 Å². The highest BCUT2D eigenvalue weighted by Crippen LogP contribution is 2.42. The molecule has 2 atom stereocenters. The Morgan fingerprint density at radius 1 is 1.19 bits per heavy atom. The van der Waals surface area contributed by atoms with E-state index in [-0.39, 0.29) is 23.0 Å². The van der Waals surface area contributed by atoms with Gasteiger partial charge in [0, 0.05) is 24.6 Å². The summed E-state index contributed by atoms with van der Waals surface area (Å²) in [7, 11) is 0. The zero-order chi connectivity index (χ0) is 19.0. The number of Topliss-reactive ketones (excluding diaryl/α,β-unsaturated/α-hetero) is 1. The van der Waals surface area contributed by atoms with Gasteiger partial charge in [0.2, 0.25) is 0 Å². The first-order valence-corrected chi connectivity index (χ1v) is 8.84. The Morgan fingerprint density at radius 3 is 2.67 bits per heavy atom. The number of aromatic nitrogens is 2. The summed E-state index contributed by atoms with van der Waals surface area (Å²) < 4.78 is 1.93. The van der Waals surface area contributed by atoms with Crippen molar-refractivity contribution >= 4 is 17.4 Å². The van der Waals surface area contributed by atoms with Crippen molar-refractivity contribution in [3.05, 3.63) is 83.4 Å². The second-order valence-electron chi connectivity index (χ2n) is 6.48. The van der Waals surface area contributed by atoms with E-state index in [0.29, 0.717) is 18.1 Å². The molecule has 136 valence electrons. The molecule has 0 amide bonds. The van der Waals surface area contributed by atoms with Gasteiger partial charge < -0.3 is 15.0 Å². The molecular formula is C21H19N3O3. The zero-order valence-electron chi connectivity index (χ0n) is 14.8. The van der Waals surface area contributed by atoms with E-state index in [2.05, 4.69) is 10.3 Å². The van der Waals surface area contributed by atoms with Gasteiger partial charge in [0.05, 0.1) is 17.2 Å². The molecule has 1 aliphatic heterocycles. The van der Waals surface area contributed by atoms with Gasteiger partial charge in [-0.05, 0) is 24.6 Å². The van der Waals surface area contributed by atoms with Crippen LogP contribution in [0.5, 0.6) is 0 Å². The number of carbonyl (C=O) groups excluding carboxylic acids is 1. The largest absolute Gasteiger partial charge is 0.478 e. The molecule has 0 saturated carbocycles. The second-order valence-corrected chi connectivity index (χ2v) is 6.48. The molecule has 2 heterocycles. The summed E-state index contributed by atoms with van der Waals surface area (Å²) in [5, 5.41) is 12.9. The summed E-state index contributed by atoms with van der Waals surface area (Å²) >= 11 is 0. The Balaban J connectivity index is 1.93. The summed E-state index contributed by atoms with van der Waals surface area (Å²) in [6.07, 6.45) is 3.51. The van der Waals surface area contributed by atoms with Crippen LogP contribution in [0.2, 0.25) is 0 Å². The van der Waals surface area contributed by atoms with Gasteiger partial charge in [0.25, 0.3) is 0 Å². The quantitative estimate of drug-likeness (QED) is 0.740. The van der Waals surface area contributed by atoms with Crippen LogP contribution in [-0.2, 0) is 6.54 Å². The zero-order valence-corrected chi connectivity index (χ0v) is 14.8. The SMILES string of the molecule is CCn1ccnc1C1C(=O)c2c(cccc2C(=O)O)NC1c1ccccc1. The molecule has 6 nitrogen and oxygen atoms in total. The van der Waals surface area contributed by atoms with Crippen LogP contribution < -0.4 is 5.32 Å². The van der Waals surface area contributed by atoms with Gasteiger partial charge in [-0.25, -0.2) is 9.78 Å². The topological polar surface area (TPSA) is 84.2 Å². The first-order chi connectivity index (χ1) is 13.1. The lowest BCUT2D eigenvalue weighted by Crippen LogP contribution is -2.34. The molecule has 0 bridgehead atoms. The first-order valence-electron chi connectivity index (χ1n) is 8.84. The van der Waals surface area contributed by atoms with Crippen LogP contribution in [0.4, 0.5) is 5.69 Å². The third kappa shape index (κ3) is 2.79. The predicted octanol–water partition coefficient (Wildman–Crippen LogP) is 3.73. The third-order valence-electron chi connectivity index (χ3n) is 4.99. The maximum Gasteiger partial charge on any atom is 0.336 e. The molecule has 0 fully saturated rings. The monoisotopic (exact) mass is 361 g/mol. The number of fused-ring (bicyclic) bond motifs is 1. The number of hydrogen-bond acceptors (Lipinski definition) is 4. The first kappa shape index (κ1) is 17.0. The number of imidazole rings is 1. The smallest absolute Gasteiger partial charge is 0.336 e. The van der Waals surface area contributed by atoms with Crippen molar-refractivity contribution in [1.29, 1.82) is 0 Å². The van der Waals surface area contributed by atoms with Crippen LogP contribution in [0.25, 0.3) is 0 Å². The molecule has 0 spiro atoms. The van der Waals surface area contributed by atoms with E-state index < -0.39 is 11.9 Å². The van der Waals surface area contributed by atoms with E-state index in [1.54, 1.807) is 18.3 Å². The van der Waals surface area contributed by atoms with Gasteiger partial charge in [0.15, 0.2) is 5.78 Å². The van der Waals surface area contributed by atoms with Crippen molar-refractivity contribution in [2.45, 2.75) is 25.4 Å². The Kier molecular flexibility index (Phi) is 4.24. The lowest BCUT2D eigenvalue weighted by molar-refractivity contribution is 0.0690. The van der Waals surface area contributed by atoms with E-state index in [9.17, 15) is 14.7 Å². The number of nitrogens with one attached hydrogen (secondary N) is 1. The highest BCUT2D eigenvalue weighted by Gasteiger charge is 2.41. The molecule has 27 heavy (non-hydrogen) atoms. The van der Waals surface area contributed by atoms with Crippen LogP contribution in [0.15, 0.2) is 60.9 Å². The normalized spacial score (nSPS) is 18.6. The van der Waals surface area contributed by atoms with Crippen LogP contribution in [0.1, 0.15) is 51.0 Å². The molecule has 2 N–H and O–H groups in total. The van der Waals surface area contributed by atoms with Crippen molar-refractivity contribution < 1.29 is 14.7 Å². The number of nitrogens with zero attached hydrogens (tertiary/aromatic N) is 2. The Hall–Kier alpha value is -3.41. The van der Waals surface area contributed by atoms with Gasteiger partial charge in [-0.15, -0.1) is 0 Å². The summed E-state index contributed by atoms with van der Waals surface area (Å²) in [5.41, 5.74) is 1.72.